The van der Waals surface area contributed by atoms with Gasteiger partial charge in [0.2, 0.25) is 0 Å². The van der Waals surface area contributed by atoms with Crippen molar-refractivity contribution in [2.45, 2.75) is 51.4 Å². The molecule has 5 nitrogen and oxygen atoms in total. The fourth-order valence-electron chi connectivity index (χ4n) is 3.08. The summed E-state index contributed by atoms with van der Waals surface area (Å²) in [5.41, 5.74) is 6.94. The number of hydrogen-bond donors (Lipinski definition) is 2. The topological polar surface area (TPSA) is 97.7 Å². The molecule has 138 valence electrons. The van der Waals surface area contributed by atoms with E-state index in [-0.39, 0.29) is 21.7 Å². The largest absolute Gasteiger partial charge is 2.00 e. The number of carbonyl (C=O) groups is 2. The van der Waals surface area contributed by atoms with Gasteiger partial charge < -0.3 is 15.3 Å². The minimum Gasteiger partial charge on any atom is -0.857 e. The van der Waals surface area contributed by atoms with E-state index in [1.807, 2.05) is 0 Å². The third kappa shape index (κ3) is 9.54. The van der Waals surface area contributed by atoms with E-state index in [0.29, 0.717) is 0 Å². The first-order valence-electron chi connectivity index (χ1n) is 8.08. The van der Waals surface area contributed by atoms with E-state index in [0.717, 1.165) is 7.11 Å². The molecule has 1 aromatic rings. The van der Waals surface area contributed by atoms with Crippen molar-refractivity contribution in [3.8, 4) is 24.7 Å². The first kappa shape index (κ1) is 26.3. The predicted octanol–water partition coefficient (Wildman–Crippen LogP) is 1.55. The summed E-state index contributed by atoms with van der Waals surface area (Å²) in [7, 11) is 0.750. The van der Waals surface area contributed by atoms with Crippen molar-refractivity contribution in [3.63, 3.8) is 0 Å². The smallest absolute Gasteiger partial charge is 0.857 e. The maximum Gasteiger partial charge on any atom is 2.00 e. The summed E-state index contributed by atoms with van der Waals surface area (Å²) >= 11 is 0. The summed E-state index contributed by atoms with van der Waals surface area (Å²) in [6, 6.07) is 2.52. The monoisotopic (exact) mass is 392 g/mol. The molecule has 26 heavy (non-hydrogen) atoms. The Hall–Kier alpha value is -1.92. The fraction of sp³-hybridized carbons (Fsp3) is 0.450. The maximum absolute atomic E-state index is 9.13. The normalized spacial score (nSPS) is 12.8. The average Bonchev–Trinajstić information content (AvgIpc) is 3.03. The summed E-state index contributed by atoms with van der Waals surface area (Å²) in [5, 5.41) is 23.2. The molecule has 2 N–H and O–H groups in total. The van der Waals surface area contributed by atoms with E-state index >= 15 is 0 Å². The molecule has 0 amide bonds. The van der Waals surface area contributed by atoms with Crippen LogP contribution in [-0.2, 0) is 57.0 Å². The zero-order valence-electron chi connectivity index (χ0n) is 15.0. The van der Waals surface area contributed by atoms with Crippen LogP contribution in [0.15, 0.2) is 6.07 Å². The Bertz CT molecular complexity index is 592. The molecule has 2 aliphatic carbocycles. The van der Waals surface area contributed by atoms with Gasteiger partial charge in [-0.05, 0) is 0 Å². The van der Waals surface area contributed by atoms with Crippen LogP contribution < -0.4 is 5.11 Å². The Labute approximate surface area is 170 Å². The maximum atomic E-state index is 9.13. The molecule has 2 aliphatic rings. The van der Waals surface area contributed by atoms with Crippen LogP contribution in [0.4, 0.5) is 0 Å². The first-order chi connectivity index (χ1) is 12.0. The minimum atomic E-state index is -1.22. The van der Waals surface area contributed by atoms with E-state index < -0.39 is 11.9 Å². The fourth-order valence-corrected chi connectivity index (χ4v) is 3.08. The van der Waals surface area contributed by atoms with Crippen LogP contribution in [0.2, 0.25) is 0 Å². The molecule has 0 spiro atoms. The molecule has 1 aromatic carbocycles. The number of terminal acetylenes is 2. The van der Waals surface area contributed by atoms with Gasteiger partial charge in [0.1, 0.15) is 0 Å². The van der Waals surface area contributed by atoms with Crippen LogP contribution >= 0.6 is 0 Å². The van der Waals surface area contributed by atoms with Crippen LogP contribution in [0.5, 0.6) is 0 Å². The summed E-state index contributed by atoms with van der Waals surface area (Å²) in [4.78, 5) is 18.3. The van der Waals surface area contributed by atoms with Crippen LogP contribution in [0, 0.1) is 24.7 Å². The predicted molar refractivity (Wildman–Crippen MR) is 94.2 cm³/mol. The zero-order valence-corrected chi connectivity index (χ0v) is 16.6. The van der Waals surface area contributed by atoms with Gasteiger partial charge in [0.15, 0.2) is 0 Å². The molecule has 6 heteroatoms. The van der Waals surface area contributed by atoms with E-state index in [1.54, 1.807) is 22.3 Å². The molecule has 0 radical (unpaired) electrons. The standard InChI is InChI=1S/C13H17.2C3H2O2.CH3O.Ti/c1-3-7-12-10(5-1)9-11-6-2-4-8-13(11)12;2*1-2-3(4)5;1-2;/h9H,1-8H2;2*1H,(H,4,5);1H3;/q-1;;;-1;+2. The molecular formula is C20H24O5Ti. The number of hydrogen-bond acceptors (Lipinski definition) is 3. The van der Waals surface area contributed by atoms with E-state index in [9.17, 15) is 0 Å². The van der Waals surface area contributed by atoms with E-state index in [2.05, 4.69) is 18.9 Å². The van der Waals surface area contributed by atoms with Crippen LogP contribution in [0.1, 0.15) is 47.9 Å². The number of fused-ring (bicyclic) bond motifs is 3. The molecular weight excluding hydrogens is 368 g/mol. The van der Waals surface area contributed by atoms with Crippen molar-refractivity contribution in [1.29, 1.82) is 0 Å². The van der Waals surface area contributed by atoms with E-state index in [4.69, 9.17) is 24.9 Å². The third-order valence-corrected chi connectivity index (χ3v) is 3.98. The van der Waals surface area contributed by atoms with Crippen LogP contribution in [0.25, 0.3) is 0 Å². The number of carboxylic acid groups (broad SMARTS) is 2. The summed E-state index contributed by atoms with van der Waals surface area (Å²) in [6.45, 7) is 0. The SMILES string of the molecule is C#CC(=O)O.C#CC(=O)O.C[O-].[Ti+2].[cH-]1c2c(c3c1CCCC3)CCCC2. The van der Waals surface area contributed by atoms with Gasteiger partial charge in [-0.2, -0.15) is 35.4 Å². The number of carboxylic acids is 2. The summed E-state index contributed by atoms with van der Waals surface area (Å²) < 4.78 is 0. The van der Waals surface area contributed by atoms with Crippen LogP contribution in [-0.4, -0.2) is 29.3 Å². The Morgan fingerprint density at radius 3 is 1.38 bits per heavy atom. The second-order valence-corrected chi connectivity index (χ2v) is 5.47. The van der Waals surface area contributed by atoms with Crippen molar-refractivity contribution in [2.24, 2.45) is 0 Å². The molecule has 0 saturated heterocycles. The van der Waals surface area contributed by atoms with Gasteiger partial charge in [-0.1, -0.05) is 51.4 Å². The Morgan fingerprint density at radius 1 is 0.846 bits per heavy atom. The van der Waals surface area contributed by atoms with Crippen molar-refractivity contribution >= 4 is 11.9 Å². The van der Waals surface area contributed by atoms with Crippen molar-refractivity contribution in [3.05, 3.63) is 28.3 Å². The second-order valence-electron chi connectivity index (χ2n) is 5.47. The number of aryl methyl sites for hydroxylation is 2. The first-order valence-corrected chi connectivity index (χ1v) is 8.08. The Morgan fingerprint density at radius 2 is 1.12 bits per heavy atom. The van der Waals surface area contributed by atoms with Gasteiger partial charge in [-0.3, -0.25) is 0 Å². The van der Waals surface area contributed by atoms with Crippen LogP contribution in [0.3, 0.4) is 0 Å². The molecule has 0 saturated carbocycles. The molecule has 0 bridgehead atoms. The van der Waals surface area contributed by atoms with Gasteiger partial charge in [0.05, 0.1) is 0 Å². The van der Waals surface area contributed by atoms with Gasteiger partial charge in [-0.15, -0.1) is 12.8 Å². The quantitative estimate of drug-likeness (QED) is 0.397. The van der Waals surface area contributed by atoms with Crippen molar-refractivity contribution in [1.82, 2.24) is 0 Å². The van der Waals surface area contributed by atoms with Crippen molar-refractivity contribution in [2.75, 3.05) is 7.11 Å². The van der Waals surface area contributed by atoms with Gasteiger partial charge >= 0.3 is 33.7 Å². The van der Waals surface area contributed by atoms with Crippen molar-refractivity contribution < 1.29 is 46.6 Å². The minimum absolute atomic E-state index is 0. The van der Waals surface area contributed by atoms with Gasteiger partial charge in [0.25, 0.3) is 0 Å². The molecule has 0 aliphatic heterocycles. The molecule has 3 rings (SSSR count). The second kappa shape index (κ2) is 15.3. The third-order valence-electron chi connectivity index (χ3n) is 3.98. The molecule has 0 aromatic heterocycles. The molecule has 0 heterocycles. The van der Waals surface area contributed by atoms with E-state index in [1.165, 1.54) is 63.2 Å². The number of rotatable bonds is 0. The summed E-state index contributed by atoms with van der Waals surface area (Å²) in [5.74, 6) is 0.454. The Balaban J connectivity index is 0. The number of aliphatic carboxylic acids is 2. The Kier molecular flexibility index (Phi) is 15.5. The average molecular weight is 392 g/mol. The zero-order chi connectivity index (χ0) is 19.2. The van der Waals surface area contributed by atoms with Gasteiger partial charge in [-0.25, -0.2) is 9.59 Å². The molecule has 0 unspecified atom stereocenters. The van der Waals surface area contributed by atoms with Gasteiger partial charge in [0, 0.05) is 11.8 Å². The summed E-state index contributed by atoms with van der Waals surface area (Å²) in [6.07, 6.45) is 19.9. The molecule has 0 atom stereocenters. The molecule has 0 fully saturated rings.